The zero-order valence-corrected chi connectivity index (χ0v) is 12.5. The van der Waals surface area contributed by atoms with Crippen molar-refractivity contribution in [1.82, 2.24) is 20.2 Å². The van der Waals surface area contributed by atoms with Crippen molar-refractivity contribution in [2.45, 2.75) is 25.9 Å². The van der Waals surface area contributed by atoms with Crippen LogP contribution in [0.2, 0.25) is 0 Å². The second kappa shape index (κ2) is 6.51. The monoisotopic (exact) mass is 292 g/mol. The molecule has 1 heterocycles. The highest BCUT2D eigenvalue weighted by Crippen LogP contribution is 2.22. The third-order valence-electron chi connectivity index (χ3n) is 2.87. The van der Waals surface area contributed by atoms with Gasteiger partial charge in [-0.25, -0.2) is 0 Å². The lowest BCUT2D eigenvalue weighted by atomic mass is 10.1. The van der Waals surface area contributed by atoms with E-state index >= 15 is 0 Å². The fraction of sp³-hybridized carbons (Fsp3) is 0.385. The van der Waals surface area contributed by atoms with Crippen LogP contribution in [0, 0.1) is 13.8 Å². The molecule has 0 saturated heterocycles. The van der Waals surface area contributed by atoms with Crippen molar-refractivity contribution >= 4 is 17.7 Å². The number of aryl methyl sites for hydroxylation is 1. The molecular formula is C13H16N4O2S. The van der Waals surface area contributed by atoms with Crippen molar-refractivity contribution < 1.29 is 9.53 Å². The highest BCUT2D eigenvalue weighted by atomic mass is 32.2. The molecule has 0 aliphatic rings. The average molecular weight is 292 g/mol. The Morgan fingerprint density at radius 2 is 2.20 bits per heavy atom. The predicted octanol–water partition coefficient (Wildman–Crippen LogP) is 1.93. The number of hydrogen-bond donors (Lipinski definition) is 0. The Morgan fingerprint density at radius 1 is 1.40 bits per heavy atom. The van der Waals surface area contributed by atoms with Crippen LogP contribution in [0.5, 0.6) is 0 Å². The number of nitrogens with zero attached hydrogens (tertiary/aromatic N) is 4. The van der Waals surface area contributed by atoms with Gasteiger partial charge in [-0.3, -0.25) is 4.79 Å². The van der Waals surface area contributed by atoms with Crippen molar-refractivity contribution in [3.8, 4) is 5.69 Å². The van der Waals surface area contributed by atoms with E-state index in [-0.39, 0.29) is 11.7 Å². The maximum Gasteiger partial charge on any atom is 0.316 e. The molecule has 0 bridgehead atoms. The minimum absolute atomic E-state index is 0.194. The molecule has 0 spiro atoms. The van der Waals surface area contributed by atoms with Crippen LogP contribution >= 0.6 is 11.8 Å². The van der Waals surface area contributed by atoms with Gasteiger partial charge in [-0.2, -0.15) is 4.68 Å². The molecule has 1 aromatic carbocycles. The van der Waals surface area contributed by atoms with E-state index in [1.165, 1.54) is 17.3 Å². The molecule has 2 aromatic rings. The van der Waals surface area contributed by atoms with Gasteiger partial charge in [0.2, 0.25) is 5.16 Å². The molecule has 0 saturated carbocycles. The smallest absolute Gasteiger partial charge is 0.316 e. The van der Waals surface area contributed by atoms with Gasteiger partial charge in [0.05, 0.1) is 18.0 Å². The predicted molar refractivity (Wildman–Crippen MR) is 76.0 cm³/mol. The van der Waals surface area contributed by atoms with E-state index < -0.39 is 0 Å². The largest absolute Gasteiger partial charge is 0.465 e. The first-order chi connectivity index (χ1) is 9.63. The number of tetrazole rings is 1. The second-order valence-electron chi connectivity index (χ2n) is 4.19. The van der Waals surface area contributed by atoms with Gasteiger partial charge >= 0.3 is 5.97 Å². The summed E-state index contributed by atoms with van der Waals surface area (Å²) >= 11 is 1.26. The van der Waals surface area contributed by atoms with Crippen LogP contribution < -0.4 is 0 Å². The molecular weight excluding hydrogens is 276 g/mol. The summed E-state index contributed by atoms with van der Waals surface area (Å²) in [6.45, 7) is 6.21. The normalized spacial score (nSPS) is 10.6. The summed E-state index contributed by atoms with van der Waals surface area (Å²) in [5.41, 5.74) is 3.19. The molecule has 7 heteroatoms. The van der Waals surface area contributed by atoms with Crippen LogP contribution in [-0.2, 0) is 9.53 Å². The molecule has 0 unspecified atom stereocenters. The van der Waals surface area contributed by atoms with Crippen LogP contribution in [0.1, 0.15) is 18.1 Å². The maximum absolute atomic E-state index is 11.4. The van der Waals surface area contributed by atoms with Gasteiger partial charge in [0.25, 0.3) is 0 Å². The molecule has 106 valence electrons. The van der Waals surface area contributed by atoms with Crippen molar-refractivity contribution in [1.29, 1.82) is 0 Å². The molecule has 0 N–H and O–H groups in total. The first-order valence-corrected chi connectivity index (χ1v) is 7.25. The lowest BCUT2D eigenvalue weighted by Crippen LogP contribution is -2.08. The van der Waals surface area contributed by atoms with E-state index in [0.29, 0.717) is 11.8 Å². The Kier molecular flexibility index (Phi) is 4.73. The summed E-state index contributed by atoms with van der Waals surface area (Å²) in [5.74, 6) is -0.0768. The molecule has 0 amide bonds. The molecule has 0 fully saturated rings. The molecule has 0 aliphatic heterocycles. The standard InChI is InChI=1S/C13H16N4O2S/c1-4-19-12(18)8-20-13-14-15-16-17(13)11-7-5-6-9(2)10(11)3/h5-7H,4,8H2,1-3H3. The molecule has 0 radical (unpaired) electrons. The quantitative estimate of drug-likeness (QED) is 0.619. The summed E-state index contributed by atoms with van der Waals surface area (Å²) in [4.78, 5) is 11.4. The number of aromatic nitrogens is 4. The Bertz CT molecular complexity index is 612. The van der Waals surface area contributed by atoms with E-state index in [1.54, 1.807) is 11.6 Å². The summed E-state index contributed by atoms with van der Waals surface area (Å²) in [6.07, 6.45) is 0. The number of benzene rings is 1. The Morgan fingerprint density at radius 3 is 2.95 bits per heavy atom. The lowest BCUT2D eigenvalue weighted by Gasteiger charge is -2.09. The molecule has 0 aliphatic carbocycles. The summed E-state index contributed by atoms with van der Waals surface area (Å²) in [5, 5.41) is 12.2. The highest BCUT2D eigenvalue weighted by Gasteiger charge is 2.13. The average Bonchev–Trinajstić information content (AvgIpc) is 2.88. The highest BCUT2D eigenvalue weighted by molar-refractivity contribution is 7.99. The number of thioether (sulfide) groups is 1. The Labute approximate surface area is 121 Å². The van der Waals surface area contributed by atoms with Gasteiger partial charge in [0.15, 0.2) is 0 Å². The van der Waals surface area contributed by atoms with Crippen LogP contribution in [-0.4, -0.2) is 38.5 Å². The third-order valence-corrected chi connectivity index (χ3v) is 3.76. The molecule has 1 aromatic heterocycles. The zero-order chi connectivity index (χ0) is 14.5. The van der Waals surface area contributed by atoms with Gasteiger partial charge in [-0.15, -0.1) is 5.10 Å². The maximum atomic E-state index is 11.4. The van der Waals surface area contributed by atoms with Crippen LogP contribution in [0.25, 0.3) is 5.69 Å². The number of rotatable bonds is 5. The number of hydrogen-bond acceptors (Lipinski definition) is 6. The summed E-state index contributed by atoms with van der Waals surface area (Å²) in [6, 6.07) is 5.95. The number of ether oxygens (including phenoxy) is 1. The van der Waals surface area contributed by atoms with Gasteiger partial charge in [0.1, 0.15) is 0 Å². The van der Waals surface area contributed by atoms with Crippen molar-refractivity contribution in [2.75, 3.05) is 12.4 Å². The topological polar surface area (TPSA) is 69.9 Å². The van der Waals surface area contributed by atoms with Gasteiger partial charge in [-0.05, 0) is 48.4 Å². The fourth-order valence-corrected chi connectivity index (χ4v) is 2.39. The molecule has 20 heavy (non-hydrogen) atoms. The van der Waals surface area contributed by atoms with E-state index in [4.69, 9.17) is 4.74 Å². The summed E-state index contributed by atoms with van der Waals surface area (Å²) in [7, 11) is 0. The van der Waals surface area contributed by atoms with Crippen molar-refractivity contribution in [3.05, 3.63) is 29.3 Å². The molecule has 2 rings (SSSR count). The van der Waals surface area contributed by atoms with E-state index in [1.807, 2.05) is 32.0 Å². The fourth-order valence-electron chi connectivity index (χ4n) is 1.71. The number of carbonyl (C=O) groups is 1. The molecule has 0 atom stereocenters. The SMILES string of the molecule is CCOC(=O)CSc1nnnn1-c1cccc(C)c1C. The van der Waals surface area contributed by atoms with Gasteiger partial charge < -0.3 is 4.74 Å². The summed E-state index contributed by atoms with van der Waals surface area (Å²) < 4.78 is 6.54. The minimum atomic E-state index is -0.270. The number of esters is 1. The second-order valence-corrected chi connectivity index (χ2v) is 5.13. The minimum Gasteiger partial charge on any atom is -0.465 e. The van der Waals surface area contributed by atoms with Gasteiger partial charge in [0, 0.05) is 0 Å². The lowest BCUT2D eigenvalue weighted by molar-refractivity contribution is -0.139. The van der Waals surface area contributed by atoms with Crippen LogP contribution in [0.4, 0.5) is 0 Å². The third kappa shape index (κ3) is 3.16. The van der Waals surface area contributed by atoms with Crippen molar-refractivity contribution in [3.63, 3.8) is 0 Å². The Balaban J connectivity index is 2.20. The van der Waals surface area contributed by atoms with Crippen LogP contribution in [0.3, 0.4) is 0 Å². The van der Waals surface area contributed by atoms with E-state index in [2.05, 4.69) is 15.5 Å². The van der Waals surface area contributed by atoms with Gasteiger partial charge in [-0.1, -0.05) is 23.9 Å². The molecule has 6 nitrogen and oxygen atoms in total. The van der Waals surface area contributed by atoms with Crippen LogP contribution in [0.15, 0.2) is 23.4 Å². The Hall–Kier alpha value is -1.89. The first-order valence-electron chi connectivity index (χ1n) is 6.27. The number of carbonyl (C=O) groups excluding carboxylic acids is 1. The van der Waals surface area contributed by atoms with E-state index in [9.17, 15) is 4.79 Å². The first kappa shape index (κ1) is 14.5. The van der Waals surface area contributed by atoms with Crippen molar-refractivity contribution in [2.24, 2.45) is 0 Å². The zero-order valence-electron chi connectivity index (χ0n) is 11.7. The van der Waals surface area contributed by atoms with E-state index in [0.717, 1.165) is 11.3 Å².